The standard InChI is InChI=1S/C17H21ClN2O4/c1-17(2,3)23-16(22)13-10-14(24-20-13)15(21)19-9-8-11-4-6-12(18)7-5-11/h4-7,14H,8-10H2,1-3H3,(H,19,21). The molecule has 2 rings (SSSR count). The fourth-order valence-corrected chi connectivity index (χ4v) is 2.20. The Morgan fingerprint density at radius 1 is 1.33 bits per heavy atom. The monoisotopic (exact) mass is 352 g/mol. The first kappa shape index (κ1) is 18.3. The van der Waals surface area contributed by atoms with Crippen molar-refractivity contribution in [2.45, 2.75) is 45.3 Å². The highest BCUT2D eigenvalue weighted by molar-refractivity contribution is 6.37. The highest BCUT2D eigenvalue weighted by atomic mass is 35.5. The van der Waals surface area contributed by atoms with Gasteiger partial charge in [0.1, 0.15) is 5.60 Å². The number of hydrogen-bond donors (Lipinski definition) is 1. The van der Waals surface area contributed by atoms with Crippen LogP contribution in [-0.4, -0.2) is 35.8 Å². The van der Waals surface area contributed by atoms with E-state index < -0.39 is 17.7 Å². The fourth-order valence-electron chi connectivity index (χ4n) is 2.07. The van der Waals surface area contributed by atoms with Crippen molar-refractivity contribution in [1.82, 2.24) is 5.32 Å². The van der Waals surface area contributed by atoms with Crippen LogP contribution >= 0.6 is 11.6 Å². The lowest BCUT2D eigenvalue weighted by atomic mass is 10.1. The summed E-state index contributed by atoms with van der Waals surface area (Å²) in [4.78, 5) is 29.0. The Morgan fingerprint density at radius 2 is 2.00 bits per heavy atom. The van der Waals surface area contributed by atoms with Crippen LogP contribution in [0.5, 0.6) is 0 Å². The maximum Gasteiger partial charge on any atom is 0.356 e. The number of halogens is 1. The Balaban J connectivity index is 1.75. The highest BCUT2D eigenvalue weighted by Crippen LogP contribution is 2.15. The summed E-state index contributed by atoms with van der Waals surface area (Å²) in [6.45, 7) is 5.76. The van der Waals surface area contributed by atoms with E-state index in [0.29, 0.717) is 18.0 Å². The highest BCUT2D eigenvalue weighted by Gasteiger charge is 2.33. The summed E-state index contributed by atoms with van der Waals surface area (Å²) in [5, 5.41) is 7.11. The minimum atomic E-state index is -0.794. The van der Waals surface area contributed by atoms with Crippen molar-refractivity contribution in [3.8, 4) is 0 Å². The Hall–Kier alpha value is -2.08. The third-order valence-electron chi connectivity index (χ3n) is 3.22. The molecule has 1 N–H and O–H groups in total. The fraction of sp³-hybridized carbons (Fsp3) is 0.471. The lowest BCUT2D eigenvalue weighted by molar-refractivity contribution is -0.146. The van der Waals surface area contributed by atoms with Gasteiger partial charge in [0, 0.05) is 18.0 Å². The van der Waals surface area contributed by atoms with Gasteiger partial charge in [-0.3, -0.25) is 4.79 Å². The van der Waals surface area contributed by atoms with Gasteiger partial charge in [-0.1, -0.05) is 28.9 Å². The third-order valence-corrected chi connectivity index (χ3v) is 3.47. The molecule has 1 atom stereocenters. The van der Waals surface area contributed by atoms with Crippen LogP contribution in [0.15, 0.2) is 29.4 Å². The summed E-state index contributed by atoms with van der Waals surface area (Å²) in [6, 6.07) is 7.42. The van der Waals surface area contributed by atoms with E-state index in [9.17, 15) is 9.59 Å². The second-order valence-electron chi connectivity index (χ2n) is 6.51. The first-order valence-corrected chi connectivity index (χ1v) is 8.10. The normalized spacial score (nSPS) is 17.0. The average molecular weight is 353 g/mol. The van der Waals surface area contributed by atoms with E-state index in [2.05, 4.69) is 10.5 Å². The molecule has 0 saturated heterocycles. The zero-order valence-electron chi connectivity index (χ0n) is 14.0. The molecule has 1 unspecified atom stereocenters. The lowest BCUT2D eigenvalue weighted by Gasteiger charge is -2.18. The number of carbonyl (C=O) groups is 2. The van der Waals surface area contributed by atoms with Crippen LogP contribution in [0.4, 0.5) is 0 Å². The van der Waals surface area contributed by atoms with Crippen molar-refractivity contribution < 1.29 is 19.2 Å². The van der Waals surface area contributed by atoms with Crippen molar-refractivity contribution in [3.05, 3.63) is 34.9 Å². The summed E-state index contributed by atoms with van der Waals surface area (Å²) in [6.07, 6.45) is -0.00497. The Morgan fingerprint density at radius 3 is 2.62 bits per heavy atom. The number of amides is 1. The van der Waals surface area contributed by atoms with Gasteiger partial charge < -0.3 is 14.9 Å². The Bertz CT molecular complexity index is 635. The van der Waals surface area contributed by atoms with Crippen LogP contribution in [0.1, 0.15) is 32.8 Å². The molecule has 0 radical (unpaired) electrons. The summed E-state index contributed by atoms with van der Waals surface area (Å²) >= 11 is 5.82. The number of nitrogens with one attached hydrogen (secondary N) is 1. The van der Waals surface area contributed by atoms with Gasteiger partial charge in [0.15, 0.2) is 5.71 Å². The van der Waals surface area contributed by atoms with Gasteiger partial charge in [-0.25, -0.2) is 4.79 Å². The van der Waals surface area contributed by atoms with Gasteiger partial charge in [0.05, 0.1) is 0 Å². The smallest absolute Gasteiger partial charge is 0.356 e. The van der Waals surface area contributed by atoms with Crippen LogP contribution < -0.4 is 5.32 Å². The Kier molecular flexibility index (Phi) is 5.83. The van der Waals surface area contributed by atoms with Crippen LogP contribution in [0.2, 0.25) is 5.02 Å². The predicted octanol–water partition coefficient (Wildman–Crippen LogP) is 2.49. The molecule has 0 aromatic heterocycles. The summed E-state index contributed by atoms with van der Waals surface area (Å²) in [5.74, 6) is -0.856. The first-order chi connectivity index (χ1) is 11.2. The number of rotatable bonds is 5. The van der Waals surface area contributed by atoms with Crippen molar-refractivity contribution in [2.24, 2.45) is 5.16 Å². The molecule has 6 nitrogen and oxygen atoms in total. The third kappa shape index (κ3) is 5.53. The second kappa shape index (κ2) is 7.66. The van der Waals surface area contributed by atoms with E-state index in [1.54, 1.807) is 32.9 Å². The van der Waals surface area contributed by atoms with Gasteiger partial charge in [-0.2, -0.15) is 0 Å². The van der Waals surface area contributed by atoms with Gasteiger partial charge in [-0.05, 0) is 44.9 Å². The summed E-state index contributed by atoms with van der Waals surface area (Å²) < 4.78 is 5.21. The maximum atomic E-state index is 12.1. The van der Waals surface area contributed by atoms with E-state index in [1.807, 2.05) is 12.1 Å². The summed E-state index contributed by atoms with van der Waals surface area (Å²) in [5.41, 5.74) is 0.582. The van der Waals surface area contributed by atoms with Gasteiger partial charge in [0.25, 0.3) is 5.91 Å². The number of benzene rings is 1. The van der Waals surface area contributed by atoms with Crippen LogP contribution in [0.25, 0.3) is 0 Å². The lowest BCUT2D eigenvalue weighted by Crippen LogP contribution is -2.37. The molecule has 130 valence electrons. The number of ether oxygens (including phenoxy) is 1. The van der Waals surface area contributed by atoms with Gasteiger partial charge in [0.2, 0.25) is 6.10 Å². The zero-order valence-corrected chi connectivity index (χ0v) is 14.7. The molecule has 0 spiro atoms. The van der Waals surface area contributed by atoms with Crippen molar-refractivity contribution in [1.29, 1.82) is 0 Å². The second-order valence-corrected chi connectivity index (χ2v) is 6.94. The van der Waals surface area contributed by atoms with E-state index >= 15 is 0 Å². The Labute approximate surface area is 146 Å². The molecule has 24 heavy (non-hydrogen) atoms. The molecule has 1 heterocycles. The molecule has 0 saturated carbocycles. The number of esters is 1. The van der Waals surface area contributed by atoms with Crippen molar-refractivity contribution in [2.75, 3.05) is 6.54 Å². The van der Waals surface area contributed by atoms with Crippen molar-refractivity contribution in [3.63, 3.8) is 0 Å². The topological polar surface area (TPSA) is 77.0 Å². The number of nitrogens with zero attached hydrogens (tertiary/aromatic N) is 1. The molecule has 1 amide bonds. The van der Waals surface area contributed by atoms with Crippen LogP contribution in [0, 0.1) is 0 Å². The minimum Gasteiger partial charge on any atom is -0.455 e. The van der Waals surface area contributed by atoms with E-state index in [4.69, 9.17) is 21.2 Å². The first-order valence-electron chi connectivity index (χ1n) is 7.73. The molecular formula is C17H21ClN2O4. The van der Waals surface area contributed by atoms with Gasteiger partial charge in [-0.15, -0.1) is 0 Å². The van der Waals surface area contributed by atoms with Crippen LogP contribution in [0.3, 0.4) is 0 Å². The number of carbonyl (C=O) groups excluding carboxylic acids is 2. The number of oxime groups is 1. The van der Waals surface area contributed by atoms with Crippen LogP contribution in [-0.2, 0) is 25.6 Å². The molecule has 0 aliphatic carbocycles. The average Bonchev–Trinajstić information content (AvgIpc) is 2.97. The molecule has 0 fully saturated rings. The largest absolute Gasteiger partial charge is 0.455 e. The van der Waals surface area contributed by atoms with E-state index in [1.165, 1.54) is 0 Å². The maximum absolute atomic E-state index is 12.1. The van der Waals surface area contributed by atoms with Gasteiger partial charge >= 0.3 is 5.97 Å². The predicted molar refractivity (Wildman–Crippen MR) is 90.9 cm³/mol. The molecule has 7 heteroatoms. The van der Waals surface area contributed by atoms with E-state index in [0.717, 1.165) is 5.56 Å². The molecule has 0 bridgehead atoms. The molecule has 1 aliphatic heterocycles. The SMILES string of the molecule is CC(C)(C)OC(=O)C1=NOC(C(=O)NCCc2ccc(Cl)cc2)C1. The molecular weight excluding hydrogens is 332 g/mol. The van der Waals surface area contributed by atoms with E-state index in [-0.39, 0.29) is 18.0 Å². The number of hydrogen-bond acceptors (Lipinski definition) is 5. The zero-order chi connectivity index (χ0) is 17.7. The molecule has 1 aliphatic rings. The quantitative estimate of drug-likeness (QED) is 0.826. The minimum absolute atomic E-state index is 0.113. The summed E-state index contributed by atoms with van der Waals surface area (Å²) in [7, 11) is 0. The molecule has 1 aromatic rings. The van der Waals surface area contributed by atoms with Crippen molar-refractivity contribution >= 4 is 29.2 Å². The molecule has 1 aromatic carbocycles.